The molecule has 0 heterocycles. The molecule has 0 aliphatic heterocycles. The zero-order chi connectivity index (χ0) is 19.5. The molecule has 0 spiro atoms. The number of ether oxygens (including phenoxy) is 1. The molecule has 0 fully saturated rings. The first kappa shape index (κ1) is 19.9. The SMILES string of the molecule is Cc1cc(Cl)ccc1NC(=O)COC(=O)c1cc(S(C)(=O)=O)ccc1C. The summed E-state index contributed by atoms with van der Waals surface area (Å²) in [4.78, 5) is 24.2. The Morgan fingerprint density at radius 2 is 1.77 bits per heavy atom. The van der Waals surface area contributed by atoms with Crippen molar-refractivity contribution >= 4 is 39.0 Å². The highest BCUT2D eigenvalue weighted by atomic mass is 35.5. The normalized spacial score (nSPS) is 11.1. The maximum atomic E-state index is 12.2. The number of rotatable bonds is 5. The van der Waals surface area contributed by atoms with E-state index >= 15 is 0 Å². The number of sulfone groups is 1. The summed E-state index contributed by atoms with van der Waals surface area (Å²) in [5, 5.41) is 3.17. The molecule has 0 radical (unpaired) electrons. The summed E-state index contributed by atoms with van der Waals surface area (Å²) in [5.41, 5.74) is 1.99. The van der Waals surface area contributed by atoms with Crippen molar-refractivity contribution in [2.75, 3.05) is 18.2 Å². The highest BCUT2D eigenvalue weighted by molar-refractivity contribution is 7.90. The predicted molar refractivity (Wildman–Crippen MR) is 99.4 cm³/mol. The maximum absolute atomic E-state index is 12.2. The Bertz CT molecular complexity index is 970. The quantitative estimate of drug-likeness (QED) is 0.785. The van der Waals surface area contributed by atoms with Crippen LogP contribution in [0.15, 0.2) is 41.3 Å². The van der Waals surface area contributed by atoms with Gasteiger partial charge in [0.25, 0.3) is 5.91 Å². The van der Waals surface area contributed by atoms with Crippen LogP contribution >= 0.6 is 11.6 Å². The summed E-state index contributed by atoms with van der Waals surface area (Å²) in [6.45, 7) is 2.94. The molecule has 0 aliphatic rings. The molecule has 0 aliphatic carbocycles. The number of amides is 1. The monoisotopic (exact) mass is 395 g/mol. The Balaban J connectivity index is 2.05. The van der Waals surface area contributed by atoms with Crippen LogP contribution < -0.4 is 5.32 Å². The molecule has 0 bridgehead atoms. The third-order valence-corrected chi connectivity index (χ3v) is 5.00. The van der Waals surface area contributed by atoms with Gasteiger partial charge in [0.05, 0.1) is 10.5 Å². The lowest BCUT2D eigenvalue weighted by Gasteiger charge is -2.10. The van der Waals surface area contributed by atoms with Gasteiger partial charge in [0.1, 0.15) is 0 Å². The predicted octanol–water partition coefficient (Wildman–Crippen LogP) is 3.16. The molecule has 0 saturated carbocycles. The third-order valence-electron chi connectivity index (χ3n) is 3.65. The second-order valence-electron chi connectivity index (χ2n) is 5.83. The first-order valence-electron chi connectivity index (χ1n) is 7.62. The van der Waals surface area contributed by atoms with Crippen LogP contribution in [0.25, 0.3) is 0 Å². The fourth-order valence-electron chi connectivity index (χ4n) is 2.21. The van der Waals surface area contributed by atoms with Crippen molar-refractivity contribution in [3.05, 3.63) is 58.1 Å². The lowest BCUT2D eigenvalue weighted by atomic mass is 10.1. The number of hydrogen-bond donors (Lipinski definition) is 1. The fourth-order valence-corrected chi connectivity index (χ4v) is 3.09. The van der Waals surface area contributed by atoms with Gasteiger partial charge in [0, 0.05) is 17.0 Å². The zero-order valence-electron chi connectivity index (χ0n) is 14.5. The molecule has 2 aromatic rings. The molecule has 0 unspecified atom stereocenters. The Labute approximate surface area is 157 Å². The van der Waals surface area contributed by atoms with Gasteiger partial charge >= 0.3 is 5.97 Å². The topological polar surface area (TPSA) is 89.5 Å². The van der Waals surface area contributed by atoms with Crippen LogP contribution in [0.1, 0.15) is 21.5 Å². The molecular weight excluding hydrogens is 378 g/mol. The van der Waals surface area contributed by atoms with Crippen LogP contribution in [0.2, 0.25) is 5.02 Å². The third kappa shape index (κ3) is 5.06. The molecule has 1 amide bonds. The summed E-state index contributed by atoms with van der Waals surface area (Å²) in [6, 6.07) is 9.16. The number of aryl methyl sites for hydroxylation is 2. The molecule has 8 heteroatoms. The average Bonchev–Trinajstić information content (AvgIpc) is 2.54. The van der Waals surface area contributed by atoms with Crippen molar-refractivity contribution in [3.8, 4) is 0 Å². The van der Waals surface area contributed by atoms with Crippen LogP contribution in [0, 0.1) is 13.8 Å². The van der Waals surface area contributed by atoms with Crippen LogP contribution in [0.5, 0.6) is 0 Å². The van der Waals surface area contributed by atoms with Gasteiger partial charge in [-0.1, -0.05) is 17.7 Å². The largest absolute Gasteiger partial charge is 0.452 e. The van der Waals surface area contributed by atoms with Crippen molar-refractivity contribution in [2.45, 2.75) is 18.7 Å². The van der Waals surface area contributed by atoms with Crippen molar-refractivity contribution in [1.29, 1.82) is 0 Å². The molecule has 138 valence electrons. The molecule has 0 atom stereocenters. The molecule has 2 aromatic carbocycles. The number of anilines is 1. The maximum Gasteiger partial charge on any atom is 0.338 e. The average molecular weight is 396 g/mol. The number of nitrogens with one attached hydrogen (secondary N) is 1. The smallest absolute Gasteiger partial charge is 0.338 e. The van der Waals surface area contributed by atoms with Gasteiger partial charge in [-0.05, 0) is 55.3 Å². The van der Waals surface area contributed by atoms with E-state index in [-0.39, 0.29) is 10.5 Å². The van der Waals surface area contributed by atoms with Gasteiger partial charge in [-0.3, -0.25) is 4.79 Å². The van der Waals surface area contributed by atoms with E-state index in [1.165, 1.54) is 18.2 Å². The second kappa shape index (κ2) is 7.88. The molecule has 6 nitrogen and oxygen atoms in total. The number of esters is 1. The van der Waals surface area contributed by atoms with E-state index in [0.717, 1.165) is 11.8 Å². The minimum absolute atomic E-state index is 0.0105. The van der Waals surface area contributed by atoms with Crippen LogP contribution in [-0.2, 0) is 19.4 Å². The van der Waals surface area contributed by atoms with E-state index < -0.39 is 28.3 Å². The molecule has 0 saturated heterocycles. The zero-order valence-corrected chi connectivity index (χ0v) is 16.1. The first-order chi connectivity index (χ1) is 12.1. The second-order valence-corrected chi connectivity index (χ2v) is 8.28. The lowest BCUT2D eigenvalue weighted by Crippen LogP contribution is -2.21. The molecular formula is C18H18ClNO5S. The van der Waals surface area contributed by atoms with Crippen LogP contribution in [0.3, 0.4) is 0 Å². The van der Waals surface area contributed by atoms with Crippen LogP contribution in [-0.4, -0.2) is 33.2 Å². The Morgan fingerprint density at radius 3 is 2.38 bits per heavy atom. The lowest BCUT2D eigenvalue weighted by molar-refractivity contribution is -0.119. The Morgan fingerprint density at radius 1 is 1.08 bits per heavy atom. The van der Waals surface area contributed by atoms with E-state index in [9.17, 15) is 18.0 Å². The fraction of sp³-hybridized carbons (Fsp3) is 0.222. The molecule has 1 N–H and O–H groups in total. The number of halogens is 1. The number of benzene rings is 2. The number of carbonyl (C=O) groups excluding carboxylic acids is 2. The Kier molecular flexibility index (Phi) is 6.05. The first-order valence-corrected chi connectivity index (χ1v) is 9.88. The van der Waals surface area contributed by atoms with E-state index in [0.29, 0.717) is 16.3 Å². The van der Waals surface area contributed by atoms with Crippen molar-refractivity contribution in [3.63, 3.8) is 0 Å². The van der Waals surface area contributed by atoms with Crippen molar-refractivity contribution in [2.24, 2.45) is 0 Å². The van der Waals surface area contributed by atoms with E-state index in [1.807, 2.05) is 0 Å². The summed E-state index contributed by atoms with van der Waals surface area (Å²) in [7, 11) is -3.45. The van der Waals surface area contributed by atoms with E-state index in [1.54, 1.807) is 32.0 Å². The van der Waals surface area contributed by atoms with Crippen LogP contribution in [0.4, 0.5) is 5.69 Å². The molecule has 26 heavy (non-hydrogen) atoms. The minimum atomic E-state index is -3.45. The highest BCUT2D eigenvalue weighted by Gasteiger charge is 2.17. The Hall–Kier alpha value is -2.38. The minimum Gasteiger partial charge on any atom is -0.452 e. The summed E-state index contributed by atoms with van der Waals surface area (Å²) >= 11 is 5.86. The standard InChI is InChI=1S/C18H18ClNO5S/c1-11-4-6-14(26(3,23)24)9-15(11)18(22)25-10-17(21)20-16-7-5-13(19)8-12(16)2/h4-9H,10H2,1-3H3,(H,20,21). The van der Waals surface area contributed by atoms with E-state index in [4.69, 9.17) is 16.3 Å². The van der Waals surface area contributed by atoms with E-state index in [2.05, 4.69) is 5.32 Å². The van der Waals surface area contributed by atoms with Gasteiger partial charge in [-0.25, -0.2) is 13.2 Å². The van der Waals surface area contributed by atoms with Crippen molar-refractivity contribution < 1.29 is 22.7 Å². The summed E-state index contributed by atoms with van der Waals surface area (Å²) < 4.78 is 28.2. The van der Waals surface area contributed by atoms with Gasteiger partial charge in [0.2, 0.25) is 0 Å². The van der Waals surface area contributed by atoms with Gasteiger partial charge in [-0.15, -0.1) is 0 Å². The summed E-state index contributed by atoms with van der Waals surface area (Å²) in [5.74, 6) is -1.28. The van der Waals surface area contributed by atoms with Gasteiger partial charge < -0.3 is 10.1 Å². The molecule has 2 rings (SSSR count). The summed E-state index contributed by atoms with van der Waals surface area (Å²) in [6.07, 6.45) is 1.05. The van der Waals surface area contributed by atoms with Gasteiger partial charge in [0.15, 0.2) is 16.4 Å². The van der Waals surface area contributed by atoms with Crippen molar-refractivity contribution in [1.82, 2.24) is 0 Å². The number of hydrogen-bond acceptors (Lipinski definition) is 5. The number of carbonyl (C=O) groups is 2. The molecule has 0 aromatic heterocycles. The van der Waals surface area contributed by atoms with Gasteiger partial charge in [-0.2, -0.15) is 0 Å². The highest BCUT2D eigenvalue weighted by Crippen LogP contribution is 2.20.